The van der Waals surface area contributed by atoms with Crippen LogP contribution < -0.4 is 4.90 Å². The van der Waals surface area contributed by atoms with Gasteiger partial charge in [0.05, 0.1) is 5.75 Å². The maximum atomic E-state index is 12.3. The van der Waals surface area contributed by atoms with Crippen molar-refractivity contribution in [2.45, 2.75) is 12.8 Å². The molecule has 1 aromatic rings. The Balaban J connectivity index is 1.73. The fourth-order valence-electron chi connectivity index (χ4n) is 2.73. The van der Waals surface area contributed by atoms with Crippen molar-refractivity contribution in [1.82, 2.24) is 0 Å². The molecule has 6 heteroatoms. The number of carbonyl (C=O) groups excluding carboxylic acids is 1. The van der Waals surface area contributed by atoms with E-state index in [9.17, 15) is 13.2 Å². The van der Waals surface area contributed by atoms with Crippen molar-refractivity contribution in [3.63, 3.8) is 0 Å². The minimum Gasteiger partial charge on any atom is -0.312 e. The molecule has 0 aliphatic carbocycles. The van der Waals surface area contributed by atoms with Gasteiger partial charge in [0.1, 0.15) is 0 Å². The summed E-state index contributed by atoms with van der Waals surface area (Å²) >= 11 is 3.43. The van der Waals surface area contributed by atoms with Crippen molar-refractivity contribution in [1.29, 1.82) is 0 Å². The second-order valence-corrected chi connectivity index (χ2v) is 8.04. The number of halogens is 1. The number of benzene rings is 1. The highest BCUT2D eigenvalue weighted by Gasteiger charge is 2.29. The molecule has 0 fully saturated rings. The van der Waals surface area contributed by atoms with Gasteiger partial charge in [0.15, 0.2) is 9.84 Å². The number of carbonyl (C=O) groups is 1. The summed E-state index contributed by atoms with van der Waals surface area (Å²) in [7, 11) is -3.09. The SMILES string of the molecule is O=C(CC1C=CS(=O)(=O)C1)N1CCc2cc(Br)ccc21. The number of rotatable bonds is 2. The molecule has 2 aliphatic heterocycles. The number of anilines is 1. The van der Waals surface area contributed by atoms with Crippen LogP contribution in [0, 0.1) is 5.92 Å². The average Bonchev–Trinajstić information content (AvgIpc) is 2.92. The van der Waals surface area contributed by atoms with Crippen LogP contribution in [0.3, 0.4) is 0 Å². The van der Waals surface area contributed by atoms with Gasteiger partial charge in [0.2, 0.25) is 5.91 Å². The molecule has 0 saturated carbocycles. The summed E-state index contributed by atoms with van der Waals surface area (Å²) in [5.74, 6) is -0.135. The molecule has 1 unspecified atom stereocenters. The van der Waals surface area contributed by atoms with E-state index in [0.29, 0.717) is 6.54 Å². The van der Waals surface area contributed by atoms with Crippen LogP contribution in [0.4, 0.5) is 5.69 Å². The number of nitrogens with zero attached hydrogens (tertiary/aromatic N) is 1. The Labute approximate surface area is 126 Å². The van der Waals surface area contributed by atoms with E-state index in [1.165, 1.54) is 5.41 Å². The Bertz CT molecular complexity index is 696. The predicted molar refractivity (Wildman–Crippen MR) is 81.2 cm³/mol. The molecule has 1 atom stereocenters. The van der Waals surface area contributed by atoms with Crippen LogP contribution in [0.1, 0.15) is 12.0 Å². The summed E-state index contributed by atoms with van der Waals surface area (Å²) in [5.41, 5.74) is 2.10. The molecule has 0 bridgehead atoms. The van der Waals surface area contributed by atoms with Crippen LogP contribution in [0.25, 0.3) is 0 Å². The lowest BCUT2D eigenvalue weighted by Gasteiger charge is -2.18. The van der Waals surface area contributed by atoms with Gasteiger partial charge in [-0.2, -0.15) is 0 Å². The lowest BCUT2D eigenvalue weighted by atomic mass is 10.1. The maximum Gasteiger partial charge on any atom is 0.227 e. The predicted octanol–water partition coefficient (Wildman–Crippen LogP) is 2.29. The van der Waals surface area contributed by atoms with Crippen LogP contribution in [0.15, 0.2) is 34.2 Å². The third-order valence-electron chi connectivity index (χ3n) is 3.68. The molecule has 0 saturated heterocycles. The van der Waals surface area contributed by atoms with E-state index in [2.05, 4.69) is 15.9 Å². The van der Waals surface area contributed by atoms with Gasteiger partial charge < -0.3 is 4.90 Å². The van der Waals surface area contributed by atoms with Gasteiger partial charge in [-0.05, 0) is 30.2 Å². The summed E-state index contributed by atoms with van der Waals surface area (Å²) in [5, 5.41) is 1.22. The fraction of sp³-hybridized carbons (Fsp3) is 0.357. The number of sulfone groups is 1. The summed E-state index contributed by atoms with van der Waals surface area (Å²) < 4.78 is 23.7. The molecular weight excluding hydrogens is 342 g/mol. The van der Waals surface area contributed by atoms with E-state index in [1.54, 1.807) is 11.0 Å². The highest BCUT2D eigenvalue weighted by atomic mass is 79.9. The van der Waals surface area contributed by atoms with Crippen molar-refractivity contribution in [2.24, 2.45) is 5.92 Å². The minimum atomic E-state index is -3.09. The van der Waals surface area contributed by atoms with Crippen molar-refractivity contribution >= 4 is 37.4 Å². The Hall–Kier alpha value is -1.14. The molecule has 0 spiro atoms. The molecular formula is C14H14BrNO3S. The van der Waals surface area contributed by atoms with Crippen molar-refractivity contribution in [2.75, 3.05) is 17.2 Å². The molecule has 20 heavy (non-hydrogen) atoms. The van der Waals surface area contributed by atoms with Crippen LogP contribution in [0.2, 0.25) is 0 Å². The van der Waals surface area contributed by atoms with Crippen molar-refractivity contribution < 1.29 is 13.2 Å². The van der Waals surface area contributed by atoms with Crippen LogP contribution >= 0.6 is 15.9 Å². The third-order valence-corrected chi connectivity index (χ3v) is 5.64. The summed E-state index contributed by atoms with van der Waals surface area (Å²) in [6.45, 7) is 0.674. The first-order valence-electron chi connectivity index (χ1n) is 6.44. The van der Waals surface area contributed by atoms with E-state index in [1.807, 2.05) is 18.2 Å². The number of fused-ring (bicyclic) bond motifs is 1. The standard InChI is InChI=1S/C14H14BrNO3S/c15-12-1-2-13-11(8-12)3-5-16(13)14(17)7-10-4-6-20(18,19)9-10/h1-2,4,6,8,10H,3,5,7,9H2. The number of hydrogen-bond donors (Lipinski definition) is 0. The van der Waals surface area contributed by atoms with Gasteiger partial charge in [-0.3, -0.25) is 4.79 Å². The van der Waals surface area contributed by atoms with E-state index < -0.39 is 9.84 Å². The molecule has 2 aliphatic rings. The molecule has 106 valence electrons. The Morgan fingerprint density at radius 1 is 1.40 bits per heavy atom. The van der Waals surface area contributed by atoms with E-state index >= 15 is 0 Å². The third kappa shape index (κ3) is 2.67. The molecule has 4 nitrogen and oxygen atoms in total. The normalized spacial score (nSPS) is 23.1. The molecule has 0 radical (unpaired) electrons. The smallest absolute Gasteiger partial charge is 0.227 e. The summed E-state index contributed by atoms with van der Waals surface area (Å²) in [4.78, 5) is 14.1. The zero-order valence-corrected chi connectivity index (χ0v) is 13.2. The highest BCUT2D eigenvalue weighted by molar-refractivity contribution is 9.10. The largest absolute Gasteiger partial charge is 0.312 e. The van der Waals surface area contributed by atoms with Crippen LogP contribution in [-0.4, -0.2) is 26.6 Å². The first kappa shape index (κ1) is 13.8. The van der Waals surface area contributed by atoms with Crippen molar-refractivity contribution in [3.8, 4) is 0 Å². The molecule has 2 heterocycles. The zero-order chi connectivity index (χ0) is 14.3. The molecule has 0 N–H and O–H groups in total. The second kappa shape index (κ2) is 5.00. The fourth-order valence-corrected chi connectivity index (χ4v) is 4.54. The zero-order valence-electron chi connectivity index (χ0n) is 10.8. The van der Waals surface area contributed by atoms with Gasteiger partial charge in [0.25, 0.3) is 0 Å². The molecule has 1 aromatic carbocycles. The highest BCUT2D eigenvalue weighted by Crippen LogP contribution is 2.32. The molecule has 3 rings (SSSR count). The number of hydrogen-bond acceptors (Lipinski definition) is 3. The average molecular weight is 356 g/mol. The summed E-state index contributed by atoms with van der Waals surface area (Å²) in [6.07, 6.45) is 2.73. The lowest BCUT2D eigenvalue weighted by Crippen LogP contribution is -2.30. The van der Waals surface area contributed by atoms with Crippen LogP contribution in [-0.2, 0) is 21.1 Å². The topological polar surface area (TPSA) is 54.5 Å². The number of amides is 1. The van der Waals surface area contributed by atoms with Crippen LogP contribution in [0.5, 0.6) is 0 Å². The quantitative estimate of drug-likeness (QED) is 0.817. The van der Waals surface area contributed by atoms with Gasteiger partial charge in [0, 0.05) is 34.5 Å². The number of allylic oxidation sites excluding steroid dienone is 1. The second-order valence-electron chi connectivity index (χ2n) is 5.19. The maximum absolute atomic E-state index is 12.3. The minimum absolute atomic E-state index is 0.00202. The van der Waals surface area contributed by atoms with E-state index in [-0.39, 0.29) is 24.0 Å². The van der Waals surface area contributed by atoms with Crippen molar-refractivity contribution in [3.05, 3.63) is 39.7 Å². The van der Waals surface area contributed by atoms with E-state index in [4.69, 9.17) is 0 Å². The molecule has 1 amide bonds. The van der Waals surface area contributed by atoms with Gasteiger partial charge in [-0.25, -0.2) is 8.42 Å². The monoisotopic (exact) mass is 355 g/mol. The summed E-state index contributed by atoms with van der Waals surface area (Å²) in [6, 6.07) is 5.89. The first-order valence-corrected chi connectivity index (χ1v) is 8.95. The van der Waals surface area contributed by atoms with E-state index in [0.717, 1.165) is 22.1 Å². The Kier molecular flexibility index (Phi) is 3.46. The first-order chi connectivity index (χ1) is 9.44. The lowest BCUT2D eigenvalue weighted by molar-refractivity contribution is -0.119. The van der Waals surface area contributed by atoms with Gasteiger partial charge >= 0.3 is 0 Å². The Morgan fingerprint density at radius 2 is 2.20 bits per heavy atom. The van der Waals surface area contributed by atoms with Gasteiger partial charge in [-0.1, -0.05) is 22.0 Å². The molecule has 0 aromatic heterocycles. The van der Waals surface area contributed by atoms with Gasteiger partial charge in [-0.15, -0.1) is 0 Å². The Morgan fingerprint density at radius 3 is 2.90 bits per heavy atom.